The molecule has 0 saturated heterocycles. The van der Waals surface area contributed by atoms with Gasteiger partial charge in [0.05, 0.1) is 17.6 Å². The van der Waals surface area contributed by atoms with Gasteiger partial charge in [-0.1, -0.05) is 18.2 Å². The largest absolute Gasteiger partial charge is 0.366 e. The first-order valence-electron chi connectivity index (χ1n) is 6.11. The van der Waals surface area contributed by atoms with E-state index in [1.807, 2.05) is 30.3 Å². The summed E-state index contributed by atoms with van der Waals surface area (Å²) in [6.45, 7) is 0. The van der Waals surface area contributed by atoms with Crippen LogP contribution in [0.3, 0.4) is 0 Å². The molecule has 98 valence electrons. The van der Waals surface area contributed by atoms with Crippen molar-refractivity contribution in [3.63, 3.8) is 0 Å². The number of nitrogens with one attached hydrogen (secondary N) is 1. The zero-order chi connectivity index (χ0) is 13.9. The number of nitrogens with two attached hydrogens (primary N) is 1. The normalized spacial score (nSPS) is 10.4. The minimum Gasteiger partial charge on any atom is -0.366 e. The molecule has 0 unspecified atom stereocenters. The maximum atomic E-state index is 11.1. The molecule has 2 heterocycles. The Morgan fingerprint density at radius 2 is 1.90 bits per heavy atom. The Hall–Kier alpha value is -2.95. The minimum absolute atomic E-state index is 0.436. The lowest BCUT2D eigenvalue weighted by atomic mass is 10.0. The van der Waals surface area contributed by atoms with E-state index in [0.717, 1.165) is 22.5 Å². The molecule has 1 aromatic carbocycles. The topological polar surface area (TPSA) is 84.7 Å². The van der Waals surface area contributed by atoms with E-state index in [2.05, 4.69) is 15.2 Å². The molecule has 0 spiro atoms. The standard InChI is InChI=1S/C15H12N4O/c16-15(20)11-6-4-10(5-7-11)12-9-18-19-14(12)13-3-1-2-8-17-13/h1-9H,(H2,16,20)(H,18,19). The van der Waals surface area contributed by atoms with Crippen molar-refractivity contribution in [2.45, 2.75) is 0 Å². The van der Waals surface area contributed by atoms with E-state index in [1.54, 1.807) is 24.5 Å². The summed E-state index contributed by atoms with van der Waals surface area (Å²) in [5.41, 5.74) is 9.26. The van der Waals surface area contributed by atoms with Crippen LogP contribution in [-0.2, 0) is 0 Å². The highest BCUT2D eigenvalue weighted by molar-refractivity contribution is 5.93. The van der Waals surface area contributed by atoms with Crippen molar-refractivity contribution in [1.82, 2.24) is 15.2 Å². The van der Waals surface area contributed by atoms with E-state index >= 15 is 0 Å². The van der Waals surface area contributed by atoms with Gasteiger partial charge in [-0.25, -0.2) is 0 Å². The van der Waals surface area contributed by atoms with E-state index in [9.17, 15) is 4.79 Å². The van der Waals surface area contributed by atoms with Crippen molar-refractivity contribution < 1.29 is 4.79 Å². The third kappa shape index (κ3) is 2.16. The summed E-state index contributed by atoms with van der Waals surface area (Å²) in [4.78, 5) is 15.4. The highest BCUT2D eigenvalue weighted by Crippen LogP contribution is 2.28. The van der Waals surface area contributed by atoms with E-state index in [1.165, 1.54) is 0 Å². The van der Waals surface area contributed by atoms with Crippen LogP contribution in [0.25, 0.3) is 22.5 Å². The number of hydrogen-bond acceptors (Lipinski definition) is 3. The highest BCUT2D eigenvalue weighted by Gasteiger charge is 2.11. The van der Waals surface area contributed by atoms with Crippen molar-refractivity contribution >= 4 is 5.91 Å². The molecule has 0 bridgehead atoms. The number of hydrogen-bond donors (Lipinski definition) is 2. The second-order valence-electron chi connectivity index (χ2n) is 4.32. The molecule has 0 aliphatic rings. The van der Waals surface area contributed by atoms with E-state index in [4.69, 9.17) is 5.73 Å². The Bertz CT molecular complexity index is 732. The monoisotopic (exact) mass is 264 g/mol. The minimum atomic E-state index is -0.436. The van der Waals surface area contributed by atoms with Crippen LogP contribution in [0.1, 0.15) is 10.4 Å². The van der Waals surface area contributed by atoms with E-state index in [-0.39, 0.29) is 0 Å². The number of amides is 1. The Morgan fingerprint density at radius 3 is 2.55 bits per heavy atom. The Kier molecular flexibility index (Phi) is 3.01. The molecule has 0 radical (unpaired) electrons. The number of benzene rings is 1. The first kappa shape index (κ1) is 12.1. The Morgan fingerprint density at radius 1 is 1.10 bits per heavy atom. The number of nitrogens with zero attached hydrogens (tertiary/aromatic N) is 2. The molecule has 0 saturated carbocycles. The van der Waals surface area contributed by atoms with Crippen LogP contribution in [0.5, 0.6) is 0 Å². The summed E-state index contributed by atoms with van der Waals surface area (Å²) in [5, 5.41) is 7.03. The van der Waals surface area contributed by atoms with Crippen LogP contribution >= 0.6 is 0 Å². The van der Waals surface area contributed by atoms with Crippen LogP contribution in [0.2, 0.25) is 0 Å². The van der Waals surface area contributed by atoms with Gasteiger partial charge in [-0.3, -0.25) is 14.9 Å². The molecule has 5 nitrogen and oxygen atoms in total. The van der Waals surface area contributed by atoms with Crippen LogP contribution in [0.15, 0.2) is 54.9 Å². The average molecular weight is 264 g/mol. The first-order chi connectivity index (χ1) is 9.75. The second-order valence-corrected chi connectivity index (χ2v) is 4.32. The maximum absolute atomic E-state index is 11.1. The quantitative estimate of drug-likeness (QED) is 0.760. The summed E-state index contributed by atoms with van der Waals surface area (Å²) in [6.07, 6.45) is 3.47. The van der Waals surface area contributed by atoms with Crippen LogP contribution in [-0.4, -0.2) is 21.1 Å². The number of H-pyrrole nitrogens is 1. The summed E-state index contributed by atoms with van der Waals surface area (Å²) in [5.74, 6) is -0.436. The Balaban J connectivity index is 2.04. The van der Waals surface area contributed by atoms with Gasteiger partial charge in [0.1, 0.15) is 0 Å². The smallest absolute Gasteiger partial charge is 0.248 e. The van der Waals surface area contributed by atoms with Crippen LogP contribution in [0.4, 0.5) is 0 Å². The molecule has 5 heteroatoms. The van der Waals surface area contributed by atoms with Gasteiger partial charge in [0.2, 0.25) is 5.91 Å². The van der Waals surface area contributed by atoms with Crippen molar-refractivity contribution in [3.8, 4) is 22.5 Å². The van der Waals surface area contributed by atoms with Gasteiger partial charge in [0, 0.05) is 17.3 Å². The van der Waals surface area contributed by atoms with Crippen molar-refractivity contribution in [2.75, 3.05) is 0 Å². The van der Waals surface area contributed by atoms with Crippen molar-refractivity contribution in [2.24, 2.45) is 5.73 Å². The van der Waals surface area contributed by atoms with Gasteiger partial charge in [-0.2, -0.15) is 5.10 Å². The fourth-order valence-electron chi connectivity index (χ4n) is 2.02. The summed E-state index contributed by atoms with van der Waals surface area (Å²) < 4.78 is 0. The molecule has 2 aromatic heterocycles. The van der Waals surface area contributed by atoms with Gasteiger partial charge in [-0.05, 0) is 29.8 Å². The fraction of sp³-hybridized carbons (Fsp3) is 0. The first-order valence-corrected chi connectivity index (χ1v) is 6.11. The SMILES string of the molecule is NC(=O)c1ccc(-c2cn[nH]c2-c2ccccn2)cc1. The van der Waals surface area contributed by atoms with E-state index in [0.29, 0.717) is 5.56 Å². The lowest BCUT2D eigenvalue weighted by molar-refractivity contribution is 0.100. The molecule has 0 aliphatic heterocycles. The third-order valence-electron chi connectivity index (χ3n) is 3.04. The van der Waals surface area contributed by atoms with E-state index < -0.39 is 5.91 Å². The zero-order valence-corrected chi connectivity index (χ0v) is 10.6. The highest BCUT2D eigenvalue weighted by atomic mass is 16.1. The van der Waals surface area contributed by atoms with Crippen LogP contribution < -0.4 is 5.73 Å². The van der Waals surface area contributed by atoms with Gasteiger partial charge in [0.15, 0.2) is 0 Å². The summed E-state index contributed by atoms with van der Waals surface area (Å²) in [7, 11) is 0. The molecule has 0 fully saturated rings. The van der Waals surface area contributed by atoms with Gasteiger partial charge >= 0.3 is 0 Å². The third-order valence-corrected chi connectivity index (χ3v) is 3.04. The lowest BCUT2D eigenvalue weighted by Gasteiger charge is -2.03. The molecule has 3 rings (SSSR count). The molecular weight excluding hydrogens is 252 g/mol. The number of primary amides is 1. The van der Waals surface area contributed by atoms with Gasteiger partial charge in [0.25, 0.3) is 0 Å². The summed E-state index contributed by atoms with van der Waals surface area (Å²) in [6, 6.07) is 12.8. The number of pyridine rings is 1. The molecular formula is C15H12N4O. The number of aromatic nitrogens is 3. The molecule has 3 aromatic rings. The van der Waals surface area contributed by atoms with Crippen molar-refractivity contribution in [3.05, 3.63) is 60.4 Å². The summed E-state index contributed by atoms with van der Waals surface area (Å²) >= 11 is 0. The predicted molar refractivity (Wildman–Crippen MR) is 75.8 cm³/mol. The van der Waals surface area contributed by atoms with Crippen molar-refractivity contribution in [1.29, 1.82) is 0 Å². The fourth-order valence-corrected chi connectivity index (χ4v) is 2.02. The van der Waals surface area contributed by atoms with Gasteiger partial charge in [-0.15, -0.1) is 0 Å². The number of aromatic amines is 1. The molecule has 0 atom stereocenters. The molecule has 3 N–H and O–H groups in total. The average Bonchev–Trinajstić information content (AvgIpc) is 2.97. The second kappa shape index (κ2) is 4.97. The molecule has 1 amide bonds. The van der Waals surface area contributed by atoms with Gasteiger partial charge < -0.3 is 5.73 Å². The Labute approximate surface area is 115 Å². The number of carbonyl (C=O) groups is 1. The predicted octanol–water partition coefficient (Wildman–Crippen LogP) is 2.24. The maximum Gasteiger partial charge on any atom is 0.248 e. The molecule has 20 heavy (non-hydrogen) atoms. The molecule has 0 aliphatic carbocycles. The zero-order valence-electron chi connectivity index (χ0n) is 10.6. The number of carbonyl (C=O) groups excluding carboxylic acids is 1. The lowest BCUT2D eigenvalue weighted by Crippen LogP contribution is -2.10. The van der Waals surface area contributed by atoms with Crippen LogP contribution in [0, 0.1) is 0 Å². The number of rotatable bonds is 3.